The van der Waals surface area contributed by atoms with E-state index in [9.17, 15) is 9.90 Å². The standard InChI is InChI=1S/C10H14ClN3O4/c1-4-7(16)6(3-15)18-9(4)14-2-5(11)8(12)13-10(14)17/h2,4,6-7,9,15-16H,3H2,1H3,(H2,12,13,17)/t4-,6-,7+,9-/m1/s1. The molecule has 1 aromatic rings. The quantitative estimate of drug-likeness (QED) is 0.662. The molecule has 100 valence electrons. The van der Waals surface area contributed by atoms with E-state index in [1.807, 2.05) is 0 Å². The summed E-state index contributed by atoms with van der Waals surface area (Å²) in [5.41, 5.74) is 4.81. The lowest BCUT2D eigenvalue weighted by Crippen LogP contribution is -2.31. The van der Waals surface area contributed by atoms with Crippen LogP contribution in [0, 0.1) is 5.92 Å². The van der Waals surface area contributed by atoms with Gasteiger partial charge in [-0.2, -0.15) is 4.98 Å². The van der Waals surface area contributed by atoms with E-state index >= 15 is 0 Å². The molecule has 18 heavy (non-hydrogen) atoms. The largest absolute Gasteiger partial charge is 0.394 e. The van der Waals surface area contributed by atoms with Gasteiger partial charge in [0.1, 0.15) is 18.1 Å². The Labute approximate surface area is 108 Å². The van der Waals surface area contributed by atoms with Gasteiger partial charge in [-0.25, -0.2) is 4.79 Å². The summed E-state index contributed by atoms with van der Waals surface area (Å²) in [6.45, 7) is 1.38. The smallest absolute Gasteiger partial charge is 0.351 e. The molecule has 1 fully saturated rings. The van der Waals surface area contributed by atoms with Gasteiger partial charge >= 0.3 is 5.69 Å². The highest BCUT2D eigenvalue weighted by Crippen LogP contribution is 2.33. The Morgan fingerprint density at radius 3 is 2.89 bits per heavy atom. The molecule has 8 heteroatoms. The Balaban J connectivity index is 2.39. The number of aliphatic hydroxyl groups excluding tert-OH is 2. The first-order valence-electron chi connectivity index (χ1n) is 5.44. The van der Waals surface area contributed by atoms with Crippen molar-refractivity contribution in [3.8, 4) is 0 Å². The number of aromatic nitrogens is 2. The molecule has 7 nitrogen and oxygen atoms in total. The predicted octanol–water partition coefficient (Wildman–Crippen LogP) is -0.634. The summed E-state index contributed by atoms with van der Waals surface area (Å²) >= 11 is 5.80. The number of nitrogens with zero attached hydrogens (tertiary/aromatic N) is 2. The molecule has 0 saturated carbocycles. The molecule has 0 aliphatic carbocycles. The average molecular weight is 276 g/mol. The zero-order valence-corrected chi connectivity index (χ0v) is 10.4. The van der Waals surface area contributed by atoms with Crippen LogP contribution in [0.15, 0.2) is 11.0 Å². The molecular weight excluding hydrogens is 262 g/mol. The second kappa shape index (κ2) is 4.85. The number of aliphatic hydroxyl groups is 2. The minimum atomic E-state index is -0.858. The minimum Gasteiger partial charge on any atom is -0.394 e. The van der Waals surface area contributed by atoms with E-state index < -0.39 is 24.1 Å². The van der Waals surface area contributed by atoms with Crippen molar-refractivity contribution in [3.05, 3.63) is 21.7 Å². The molecule has 2 heterocycles. The topological polar surface area (TPSA) is 111 Å². The number of hydrogen-bond acceptors (Lipinski definition) is 6. The van der Waals surface area contributed by atoms with Gasteiger partial charge in [-0.1, -0.05) is 18.5 Å². The number of ether oxygens (including phenoxy) is 1. The van der Waals surface area contributed by atoms with Crippen LogP contribution in [0.4, 0.5) is 5.82 Å². The van der Waals surface area contributed by atoms with Crippen molar-refractivity contribution in [1.29, 1.82) is 0 Å². The van der Waals surface area contributed by atoms with Crippen LogP contribution in [-0.4, -0.2) is 38.6 Å². The summed E-state index contributed by atoms with van der Waals surface area (Å²) in [4.78, 5) is 15.3. The third-order valence-corrected chi connectivity index (χ3v) is 3.36. The van der Waals surface area contributed by atoms with Crippen molar-refractivity contribution >= 4 is 17.4 Å². The highest BCUT2D eigenvalue weighted by molar-refractivity contribution is 6.32. The molecule has 0 bridgehead atoms. The molecule has 1 saturated heterocycles. The van der Waals surface area contributed by atoms with Crippen molar-refractivity contribution in [2.24, 2.45) is 5.92 Å². The van der Waals surface area contributed by atoms with Gasteiger partial charge in [-0.15, -0.1) is 0 Å². The summed E-state index contributed by atoms with van der Waals surface area (Å²) in [6, 6.07) is 0. The SMILES string of the molecule is C[C@@H]1[C@H](O)[C@@H](CO)O[C@H]1n1cc(Cl)c(N)nc1=O. The van der Waals surface area contributed by atoms with Gasteiger partial charge in [0, 0.05) is 12.1 Å². The number of anilines is 1. The Morgan fingerprint density at radius 2 is 2.33 bits per heavy atom. The molecule has 0 amide bonds. The second-order valence-corrected chi connectivity index (χ2v) is 4.67. The molecule has 1 aliphatic heterocycles. The van der Waals surface area contributed by atoms with E-state index in [1.165, 1.54) is 10.8 Å². The van der Waals surface area contributed by atoms with Gasteiger partial charge in [0.2, 0.25) is 0 Å². The van der Waals surface area contributed by atoms with E-state index in [2.05, 4.69) is 4.98 Å². The summed E-state index contributed by atoms with van der Waals surface area (Å²) in [7, 11) is 0. The summed E-state index contributed by atoms with van der Waals surface area (Å²) in [5.74, 6) is -0.427. The van der Waals surface area contributed by atoms with Crippen LogP contribution in [0.5, 0.6) is 0 Å². The fourth-order valence-corrected chi connectivity index (χ4v) is 2.15. The molecule has 0 unspecified atom stereocenters. The molecule has 0 aromatic carbocycles. The zero-order chi connectivity index (χ0) is 13.4. The van der Waals surface area contributed by atoms with E-state index in [4.69, 9.17) is 27.2 Å². The minimum absolute atomic E-state index is 0.0529. The van der Waals surface area contributed by atoms with Crippen LogP contribution in [0.3, 0.4) is 0 Å². The van der Waals surface area contributed by atoms with Gasteiger partial charge in [-0.05, 0) is 0 Å². The van der Waals surface area contributed by atoms with Crippen molar-refractivity contribution in [2.45, 2.75) is 25.4 Å². The Bertz CT molecular complexity index is 506. The highest BCUT2D eigenvalue weighted by atomic mass is 35.5. The molecule has 0 radical (unpaired) electrons. The lowest BCUT2D eigenvalue weighted by molar-refractivity contribution is -0.0476. The van der Waals surface area contributed by atoms with E-state index in [0.717, 1.165) is 0 Å². The second-order valence-electron chi connectivity index (χ2n) is 4.26. The molecule has 4 N–H and O–H groups in total. The Kier molecular flexibility index (Phi) is 3.58. The first kappa shape index (κ1) is 13.3. The molecule has 1 aliphatic rings. The third kappa shape index (κ3) is 2.10. The van der Waals surface area contributed by atoms with E-state index in [1.54, 1.807) is 6.92 Å². The molecular formula is C10H14ClN3O4. The van der Waals surface area contributed by atoms with Gasteiger partial charge < -0.3 is 20.7 Å². The number of nitrogen functional groups attached to an aromatic ring is 1. The lowest BCUT2D eigenvalue weighted by Gasteiger charge is -2.18. The number of nitrogens with two attached hydrogens (primary N) is 1. The van der Waals surface area contributed by atoms with Crippen LogP contribution in [0.2, 0.25) is 5.02 Å². The summed E-state index contributed by atoms with van der Waals surface area (Å²) in [5, 5.41) is 19.0. The number of halogens is 1. The molecule has 4 atom stereocenters. The van der Waals surface area contributed by atoms with Crippen LogP contribution >= 0.6 is 11.6 Å². The highest BCUT2D eigenvalue weighted by Gasteiger charge is 2.42. The normalized spacial score (nSPS) is 31.8. The maximum atomic E-state index is 11.7. The molecule has 0 spiro atoms. The van der Waals surface area contributed by atoms with Gasteiger partial charge in [0.05, 0.1) is 17.7 Å². The fraction of sp³-hybridized carbons (Fsp3) is 0.600. The van der Waals surface area contributed by atoms with Crippen molar-refractivity contribution in [3.63, 3.8) is 0 Å². The average Bonchev–Trinajstić information content (AvgIpc) is 2.61. The predicted molar refractivity (Wildman–Crippen MR) is 64.1 cm³/mol. The van der Waals surface area contributed by atoms with Gasteiger partial charge in [0.25, 0.3) is 0 Å². The lowest BCUT2D eigenvalue weighted by atomic mass is 10.0. The van der Waals surface area contributed by atoms with Gasteiger partial charge in [-0.3, -0.25) is 4.57 Å². The van der Waals surface area contributed by atoms with E-state index in [0.29, 0.717) is 0 Å². The van der Waals surface area contributed by atoms with Crippen molar-refractivity contribution < 1.29 is 14.9 Å². The fourth-order valence-electron chi connectivity index (χ4n) is 2.00. The Hall–Kier alpha value is -1.15. The van der Waals surface area contributed by atoms with E-state index in [-0.39, 0.29) is 23.4 Å². The van der Waals surface area contributed by atoms with Crippen LogP contribution in [-0.2, 0) is 4.74 Å². The first-order chi connectivity index (χ1) is 8.45. The van der Waals surface area contributed by atoms with Crippen LogP contribution in [0.25, 0.3) is 0 Å². The van der Waals surface area contributed by atoms with Crippen LogP contribution in [0.1, 0.15) is 13.2 Å². The summed E-state index contributed by atoms with van der Waals surface area (Å²) < 4.78 is 6.59. The van der Waals surface area contributed by atoms with Gasteiger partial charge in [0.15, 0.2) is 0 Å². The first-order valence-corrected chi connectivity index (χ1v) is 5.82. The van der Waals surface area contributed by atoms with Crippen LogP contribution < -0.4 is 11.4 Å². The monoisotopic (exact) mass is 275 g/mol. The number of rotatable bonds is 2. The molecule has 2 rings (SSSR count). The Morgan fingerprint density at radius 1 is 1.67 bits per heavy atom. The van der Waals surface area contributed by atoms with Crippen molar-refractivity contribution in [2.75, 3.05) is 12.3 Å². The maximum absolute atomic E-state index is 11.7. The zero-order valence-electron chi connectivity index (χ0n) is 9.65. The third-order valence-electron chi connectivity index (χ3n) is 3.07. The maximum Gasteiger partial charge on any atom is 0.351 e. The van der Waals surface area contributed by atoms with Crippen molar-refractivity contribution in [1.82, 2.24) is 9.55 Å². The molecule has 1 aromatic heterocycles. The number of hydrogen-bond donors (Lipinski definition) is 3. The summed E-state index contributed by atoms with van der Waals surface area (Å²) in [6.07, 6.45) is -0.994.